The largest absolute Gasteiger partial charge is 0.353 e. The molecule has 4 aromatic rings. The SMILES string of the molecule is CS(=O)(=O)c1ccc(-c2c(-c3ccccc3)[nH]c3cnccc23)cc1. The molecule has 2 aromatic carbocycles. The fourth-order valence-electron chi connectivity index (χ4n) is 3.03. The molecule has 0 saturated carbocycles. The Morgan fingerprint density at radius 3 is 2.28 bits per heavy atom. The van der Waals surface area contributed by atoms with Crippen LogP contribution < -0.4 is 0 Å². The van der Waals surface area contributed by atoms with Gasteiger partial charge in [0, 0.05) is 23.4 Å². The smallest absolute Gasteiger partial charge is 0.175 e. The van der Waals surface area contributed by atoms with Crippen LogP contribution in [0.5, 0.6) is 0 Å². The molecule has 0 bridgehead atoms. The summed E-state index contributed by atoms with van der Waals surface area (Å²) in [5.41, 5.74) is 5.02. The lowest BCUT2D eigenvalue weighted by Crippen LogP contribution is -1.96. The van der Waals surface area contributed by atoms with Gasteiger partial charge in [-0.1, -0.05) is 42.5 Å². The number of hydrogen-bond donors (Lipinski definition) is 1. The van der Waals surface area contributed by atoms with Crippen LogP contribution in [0.3, 0.4) is 0 Å². The van der Waals surface area contributed by atoms with Crippen molar-refractivity contribution in [3.63, 3.8) is 0 Å². The summed E-state index contributed by atoms with van der Waals surface area (Å²) in [6, 6.07) is 19.0. The second-order valence-electron chi connectivity index (χ2n) is 5.96. The van der Waals surface area contributed by atoms with Crippen molar-refractivity contribution in [1.29, 1.82) is 0 Å². The summed E-state index contributed by atoms with van der Waals surface area (Å²) >= 11 is 0. The maximum absolute atomic E-state index is 11.7. The average Bonchev–Trinajstić information content (AvgIpc) is 3.01. The van der Waals surface area contributed by atoms with Crippen LogP contribution in [-0.2, 0) is 9.84 Å². The molecule has 0 amide bonds. The van der Waals surface area contributed by atoms with Gasteiger partial charge in [-0.15, -0.1) is 0 Å². The Morgan fingerprint density at radius 1 is 0.880 bits per heavy atom. The van der Waals surface area contributed by atoms with Crippen molar-refractivity contribution < 1.29 is 8.42 Å². The Bertz CT molecular complexity index is 1150. The van der Waals surface area contributed by atoms with Crippen LogP contribution in [0.25, 0.3) is 33.3 Å². The third-order valence-corrected chi connectivity index (χ3v) is 5.36. The number of benzene rings is 2. The minimum atomic E-state index is -3.21. The number of nitrogens with zero attached hydrogens (tertiary/aromatic N) is 1. The van der Waals surface area contributed by atoms with Gasteiger partial charge in [-0.05, 0) is 29.3 Å². The first-order valence-electron chi connectivity index (χ1n) is 7.85. The lowest BCUT2D eigenvalue weighted by atomic mass is 9.99. The molecule has 0 radical (unpaired) electrons. The Kier molecular flexibility index (Phi) is 3.66. The van der Waals surface area contributed by atoms with Gasteiger partial charge in [0.2, 0.25) is 0 Å². The first kappa shape index (κ1) is 15.6. The van der Waals surface area contributed by atoms with Crippen LogP contribution in [0, 0.1) is 0 Å². The zero-order chi connectivity index (χ0) is 17.4. The van der Waals surface area contributed by atoms with E-state index in [0.29, 0.717) is 4.90 Å². The fraction of sp³-hybridized carbons (Fsp3) is 0.0500. The molecule has 4 nitrogen and oxygen atoms in total. The van der Waals surface area contributed by atoms with Gasteiger partial charge in [0.05, 0.1) is 22.3 Å². The van der Waals surface area contributed by atoms with Crippen LogP contribution in [0.4, 0.5) is 0 Å². The van der Waals surface area contributed by atoms with Crippen LogP contribution >= 0.6 is 0 Å². The topological polar surface area (TPSA) is 62.8 Å². The molecular formula is C20H16N2O2S. The second kappa shape index (κ2) is 5.86. The van der Waals surface area contributed by atoms with Crippen molar-refractivity contribution in [2.24, 2.45) is 0 Å². The van der Waals surface area contributed by atoms with Gasteiger partial charge in [0.1, 0.15) is 0 Å². The summed E-state index contributed by atoms with van der Waals surface area (Å²) in [7, 11) is -3.21. The average molecular weight is 348 g/mol. The molecule has 0 saturated heterocycles. The van der Waals surface area contributed by atoms with Crippen LogP contribution in [0.1, 0.15) is 0 Å². The molecule has 0 unspecified atom stereocenters. The van der Waals surface area contributed by atoms with E-state index in [1.54, 1.807) is 24.5 Å². The molecule has 0 aliphatic heterocycles. The Morgan fingerprint density at radius 2 is 1.60 bits per heavy atom. The first-order valence-corrected chi connectivity index (χ1v) is 9.75. The van der Waals surface area contributed by atoms with Crippen LogP contribution in [-0.4, -0.2) is 24.6 Å². The van der Waals surface area contributed by atoms with Gasteiger partial charge in [-0.2, -0.15) is 0 Å². The molecule has 124 valence electrons. The zero-order valence-electron chi connectivity index (χ0n) is 13.6. The molecule has 2 heterocycles. The first-order chi connectivity index (χ1) is 12.0. The highest BCUT2D eigenvalue weighted by Crippen LogP contribution is 2.38. The number of pyridine rings is 1. The monoisotopic (exact) mass is 348 g/mol. The van der Waals surface area contributed by atoms with Crippen molar-refractivity contribution in [3.8, 4) is 22.4 Å². The fourth-order valence-corrected chi connectivity index (χ4v) is 3.66. The molecule has 0 aliphatic rings. The highest BCUT2D eigenvalue weighted by Gasteiger charge is 2.16. The summed E-state index contributed by atoms with van der Waals surface area (Å²) in [5.74, 6) is 0. The number of aromatic nitrogens is 2. The third-order valence-electron chi connectivity index (χ3n) is 4.23. The van der Waals surface area contributed by atoms with Gasteiger partial charge in [-0.3, -0.25) is 4.98 Å². The van der Waals surface area contributed by atoms with Crippen molar-refractivity contribution in [2.75, 3.05) is 6.26 Å². The molecule has 5 heteroatoms. The van der Waals surface area contributed by atoms with Gasteiger partial charge in [-0.25, -0.2) is 8.42 Å². The van der Waals surface area contributed by atoms with E-state index in [1.165, 1.54) is 6.26 Å². The molecule has 0 atom stereocenters. The predicted octanol–water partition coefficient (Wildman–Crippen LogP) is 4.30. The maximum Gasteiger partial charge on any atom is 0.175 e. The van der Waals surface area contributed by atoms with E-state index in [2.05, 4.69) is 9.97 Å². The van der Waals surface area contributed by atoms with Gasteiger partial charge < -0.3 is 4.98 Å². The summed E-state index contributed by atoms with van der Waals surface area (Å²) in [6.07, 6.45) is 4.78. The number of fused-ring (bicyclic) bond motifs is 1. The Balaban J connectivity index is 1.97. The molecule has 0 spiro atoms. The molecule has 25 heavy (non-hydrogen) atoms. The maximum atomic E-state index is 11.7. The molecule has 1 N–H and O–H groups in total. The van der Waals surface area contributed by atoms with Gasteiger partial charge in [0.15, 0.2) is 9.84 Å². The molecule has 4 rings (SSSR count). The lowest BCUT2D eigenvalue weighted by Gasteiger charge is -2.07. The van der Waals surface area contributed by atoms with Crippen molar-refractivity contribution >= 4 is 20.7 Å². The van der Waals surface area contributed by atoms with Gasteiger partial charge in [0.25, 0.3) is 0 Å². The normalized spacial score (nSPS) is 11.7. The molecule has 2 aromatic heterocycles. The van der Waals surface area contributed by atoms with E-state index in [9.17, 15) is 8.42 Å². The van der Waals surface area contributed by atoms with Crippen molar-refractivity contribution in [3.05, 3.63) is 73.1 Å². The number of nitrogens with one attached hydrogen (secondary N) is 1. The number of rotatable bonds is 3. The van der Waals surface area contributed by atoms with Crippen molar-refractivity contribution in [2.45, 2.75) is 4.90 Å². The zero-order valence-corrected chi connectivity index (χ0v) is 14.4. The van der Waals surface area contributed by atoms with Crippen LogP contribution in [0.2, 0.25) is 0 Å². The summed E-state index contributed by atoms with van der Waals surface area (Å²) in [4.78, 5) is 7.95. The standard InChI is InChI=1S/C20H16N2O2S/c1-25(23,24)16-9-7-14(8-10-16)19-17-11-12-21-13-18(17)22-20(19)15-5-3-2-4-6-15/h2-13,22H,1H3. The number of sulfone groups is 1. The summed E-state index contributed by atoms with van der Waals surface area (Å²) in [6.45, 7) is 0. The third kappa shape index (κ3) is 2.83. The van der Waals surface area contributed by atoms with E-state index >= 15 is 0 Å². The second-order valence-corrected chi connectivity index (χ2v) is 7.97. The van der Waals surface area contributed by atoms with E-state index in [-0.39, 0.29) is 0 Å². The molecule has 0 aliphatic carbocycles. The molecule has 0 fully saturated rings. The minimum absolute atomic E-state index is 0.319. The Hall–Kier alpha value is -2.92. The summed E-state index contributed by atoms with van der Waals surface area (Å²) < 4.78 is 23.4. The Labute approximate surface area is 146 Å². The van der Waals surface area contributed by atoms with E-state index < -0.39 is 9.84 Å². The quantitative estimate of drug-likeness (QED) is 0.600. The minimum Gasteiger partial charge on any atom is -0.353 e. The number of aromatic amines is 1. The predicted molar refractivity (Wildman–Crippen MR) is 100 cm³/mol. The number of hydrogen-bond acceptors (Lipinski definition) is 3. The number of H-pyrrole nitrogens is 1. The van der Waals surface area contributed by atoms with E-state index in [1.807, 2.05) is 48.5 Å². The molecular weight excluding hydrogens is 332 g/mol. The summed E-state index contributed by atoms with van der Waals surface area (Å²) in [5, 5.41) is 1.06. The van der Waals surface area contributed by atoms with E-state index in [0.717, 1.165) is 33.3 Å². The highest BCUT2D eigenvalue weighted by atomic mass is 32.2. The highest BCUT2D eigenvalue weighted by molar-refractivity contribution is 7.90. The van der Waals surface area contributed by atoms with Gasteiger partial charge >= 0.3 is 0 Å². The lowest BCUT2D eigenvalue weighted by molar-refractivity contribution is 0.602. The van der Waals surface area contributed by atoms with E-state index in [4.69, 9.17) is 0 Å². The van der Waals surface area contributed by atoms with Crippen molar-refractivity contribution in [1.82, 2.24) is 9.97 Å². The van der Waals surface area contributed by atoms with Crippen LogP contribution in [0.15, 0.2) is 78.0 Å².